The second-order valence-corrected chi connectivity index (χ2v) is 6.38. The highest BCUT2D eigenvalue weighted by Gasteiger charge is 2.15. The van der Waals surface area contributed by atoms with Gasteiger partial charge in [0.25, 0.3) is 5.56 Å². The minimum Gasteiger partial charge on any atom is -0.369 e. The number of nitrogens with two attached hydrogens (primary N) is 1. The van der Waals surface area contributed by atoms with Crippen LogP contribution in [0.1, 0.15) is 26.5 Å². The van der Waals surface area contributed by atoms with Crippen molar-refractivity contribution in [3.63, 3.8) is 0 Å². The molecule has 0 aliphatic heterocycles. The Morgan fingerprint density at radius 1 is 1.32 bits per heavy atom. The van der Waals surface area contributed by atoms with E-state index in [9.17, 15) is 4.79 Å². The van der Waals surface area contributed by atoms with Crippen LogP contribution in [-0.4, -0.2) is 40.3 Å². The number of hydrogen-bond acceptors (Lipinski definition) is 8. The van der Waals surface area contributed by atoms with Gasteiger partial charge < -0.3 is 19.5 Å². The molecule has 8 nitrogen and oxygen atoms in total. The minimum absolute atomic E-state index is 0.0682. The number of H-pyrrole nitrogens is 1. The number of aromatic nitrogens is 3. The Balaban J connectivity index is 0.00000151. The summed E-state index contributed by atoms with van der Waals surface area (Å²) in [5.74, 6) is 0.0877. The van der Waals surface area contributed by atoms with Crippen molar-refractivity contribution in [1.29, 1.82) is 0 Å². The summed E-state index contributed by atoms with van der Waals surface area (Å²) >= 11 is 6.44. The zero-order valence-corrected chi connectivity index (χ0v) is 17.2. The SMILES string of the molecule is CCOP(COC(C)Cc1ccc2c(=O)[nH]c(N)nn12)OCC.SS. The summed E-state index contributed by atoms with van der Waals surface area (Å²) in [5.41, 5.74) is 6.67. The largest absolute Gasteiger partial charge is 0.369 e. The number of hydrogen-bond donors (Lipinski definition) is 4. The van der Waals surface area contributed by atoms with Gasteiger partial charge in [0.15, 0.2) is 8.38 Å². The molecule has 2 aromatic rings. The van der Waals surface area contributed by atoms with E-state index in [0.717, 1.165) is 5.69 Å². The molecule has 0 bridgehead atoms. The molecule has 0 saturated heterocycles. The van der Waals surface area contributed by atoms with E-state index in [0.29, 0.717) is 31.5 Å². The fraction of sp³-hybridized carbons (Fsp3) is 0.571. The van der Waals surface area contributed by atoms with Crippen molar-refractivity contribution in [1.82, 2.24) is 14.6 Å². The van der Waals surface area contributed by atoms with E-state index >= 15 is 0 Å². The van der Waals surface area contributed by atoms with Crippen LogP contribution >= 0.6 is 31.7 Å². The molecule has 0 spiro atoms. The van der Waals surface area contributed by atoms with E-state index in [1.165, 1.54) is 0 Å². The van der Waals surface area contributed by atoms with Crippen LogP contribution in [0.25, 0.3) is 5.52 Å². The molecule has 2 aromatic heterocycles. The molecule has 25 heavy (non-hydrogen) atoms. The van der Waals surface area contributed by atoms with Crippen LogP contribution in [0.15, 0.2) is 16.9 Å². The first kappa shape index (κ1) is 22.3. The maximum Gasteiger partial charge on any atom is 0.276 e. The van der Waals surface area contributed by atoms with Crippen LogP contribution in [0.5, 0.6) is 0 Å². The fourth-order valence-electron chi connectivity index (χ4n) is 2.17. The normalized spacial score (nSPS) is 12.2. The Hall–Kier alpha value is -0.770. The van der Waals surface area contributed by atoms with Crippen LogP contribution in [0, 0.1) is 0 Å². The summed E-state index contributed by atoms with van der Waals surface area (Å²) in [6.45, 7) is 7.01. The fourth-order valence-corrected chi connectivity index (χ4v) is 3.35. The summed E-state index contributed by atoms with van der Waals surface area (Å²) < 4.78 is 18.4. The van der Waals surface area contributed by atoms with Gasteiger partial charge in [0.2, 0.25) is 5.95 Å². The maximum atomic E-state index is 11.8. The maximum absolute atomic E-state index is 11.8. The van der Waals surface area contributed by atoms with E-state index in [2.05, 4.69) is 33.4 Å². The summed E-state index contributed by atoms with van der Waals surface area (Å²) in [4.78, 5) is 14.3. The third-order valence-electron chi connectivity index (χ3n) is 3.12. The van der Waals surface area contributed by atoms with Crippen molar-refractivity contribution in [2.24, 2.45) is 0 Å². The molecule has 0 aromatic carbocycles. The lowest BCUT2D eigenvalue weighted by molar-refractivity contribution is 0.0871. The summed E-state index contributed by atoms with van der Waals surface area (Å²) in [6, 6.07) is 3.57. The van der Waals surface area contributed by atoms with E-state index in [4.69, 9.17) is 19.5 Å². The molecule has 1 unspecified atom stereocenters. The lowest BCUT2D eigenvalue weighted by atomic mass is 10.2. The molecule has 2 rings (SSSR count). The van der Waals surface area contributed by atoms with E-state index in [1.54, 1.807) is 10.6 Å². The predicted molar refractivity (Wildman–Crippen MR) is 107 cm³/mol. The summed E-state index contributed by atoms with van der Waals surface area (Å²) in [7, 11) is -1.02. The summed E-state index contributed by atoms with van der Waals surface area (Å²) in [5, 5.41) is 4.14. The highest BCUT2D eigenvalue weighted by Crippen LogP contribution is 2.38. The molecule has 0 saturated carbocycles. The Labute approximate surface area is 158 Å². The monoisotopic (exact) mass is 408 g/mol. The second-order valence-electron chi connectivity index (χ2n) is 4.94. The van der Waals surface area contributed by atoms with Crippen molar-refractivity contribution >= 4 is 43.2 Å². The van der Waals surface area contributed by atoms with Gasteiger partial charge in [0.05, 0.1) is 19.3 Å². The molecule has 3 N–H and O–H groups in total. The highest BCUT2D eigenvalue weighted by atomic mass is 33.1. The van der Waals surface area contributed by atoms with Gasteiger partial charge in [-0.2, -0.15) is 0 Å². The van der Waals surface area contributed by atoms with Crippen LogP contribution in [-0.2, 0) is 20.2 Å². The molecule has 0 fully saturated rings. The predicted octanol–water partition coefficient (Wildman–Crippen LogP) is 2.66. The zero-order valence-electron chi connectivity index (χ0n) is 14.5. The van der Waals surface area contributed by atoms with Gasteiger partial charge in [-0.05, 0) is 32.9 Å². The number of fused-ring (bicyclic) bond motifs is 1. The Kier molecular flexibility index (Phi) is 10.5. The topological polar surface area (TPSA) is 104 Å². The average Bonchev–Trinajstić information content (AvgIpc) is 2.98. The minimum atomic E-state index is -1.02. The molecule has 0 aliphatic carbocycles. The van der Waals surface area contributed by atoms with Gasteiger partial charge in [0, 0.05) is 12.1 Å². The van der Waals surface area contributed by atoms with Gasteiger partial charge in [-0.15, -0.1) is 28.4 Å². The van der Waals surface area contributed by atoms with E-state index in [-0.39, 0.29) is 17.6 Å². The molecule has 11 heteroatoms. The molecule has 1 atom stereocenters. The molecule has 0 amide bonds. The molecule has 2 heterocycles. The molecule has 0 aliphatic rings. The van der Waals surface area contributed by atoms with Gasteiger partial charge in [-0.25, -0.2) is 4.52 Å². The van der Waals surface area contributed by atoms with Gasteiger partial charge >= 0.3 is 0 Å². The third kappa shape index (κ3) is 6.80. The van der Waals surface area contributed by atoms with Crippen molar-refractivity contribution in [2.45, 2.75) is 33.3 Å². The number of nitrogens with one attached hydrogen (secondary N) is 1. The highest BCUT2D eigenvalue weighted by molar-refractivity contribution is 8.59. The van der Waals surface area contributed by atoms with Crippen molar-refractivity contribution in [3.8, 4) is 0 Å². The number of rotatable bonds is 9. The first-order valence-electron chi connectivity index (χ1n) is 7.76. The average molecular weight is 408 g/mol. The van der Waals surface area contributed by atoms with E-state index in [1.807, 2.05) is 26.8 Å². The molecular formula is C14H25N4O4PS2. The zero-order chi connectivity index (χ0) is 18.8. The van der Waals surface area contributed by atoms with Crippen molar-refractivity contribution < 1.29 is 13.8 Å². The second kappa shape index (κ2) is 11.8. The van der Waals surface area contributed by atoms with Crippen molar-refractivity contribution in [2.75, 3.05) is 25.3 Å². The smallest absolute Gasteiger partial charge is 0.276 e. The Bertz CT molecular complexity index is 691. The number of ether oxygens (including phenoxy) is 1. The number of nitrogen functional groups attached to an aromatic ring is 1. The standard InChI is InChI=1S/C14H23N4O4P.H2S2/c1-4-21-23(22-5-2)9-20-10(3)8-11-6-7-12-13(19)16-14(15)17-18(11)12;1-2/h6-7,10H,4-5,8-9H2,1-3H3,(H3,15,16,17,19);1-2H. The number of anilines is 1. The number of nitrogens with zero attached hydrogens (tertiary/aromatic N) is 2. The number of aromatic amines is 1. The Morgan fingerprint density at radius 2 is 1.96 bits per heavy atom. The third-order valence-corrected chi connectivity index (χ3v) is 4.58. The van der Waals surface area contributed by atoms with Crippen LogP contribution < -0.4 is 11.3 Å². The van der Waals surface area contributed by atoms with Crippen LogP contribution in [0.3, 0.4) is 0 Å². The quantitative estimate of drug-likeness (QED) is 0.289. The van der Waals surface area contributed by atoms with Crippen LogP contribution in [0.2, 0.25) is 0 Å². The first-order valence-corrected chi connectivity index (χ1v) is 10.7. The number of thiol groups is 2. The molecular weight excluding hydrogens is 383 g/mol. The summed E-state index contributed by atoms with van der Waals surface area (Å²) in [6.07, 6.45) is 0.949. The lowest BCUT2D eigenvalue weighted by Crippen LogP contribution is -2.18. The van der Waals surface area contributed by atoms with Crippen molar-refractivity contribution in [3.05, 3.63) is 28.2 Å². The first-order chi connectivity index (χ1) is 12.0. The van der Waals surface area contributed by atoms with Crippen LogP contribution in [0.4, 0.5) is 5.95 Å². The lowest BCUT2D eigenvalue weighted by Gasteiger charge is -2.19. The van der Waals surface area contributed by atoms with E-state index < -0.39 is 8.38 Å². The Morgan fingerprint density at radius 3 is 2.56 bits per heavy atom. The van der Waals surface area contributed by atoms with Gasteiger partial charge in [0.1, 0.15) is 11.9 Å². The molecule has 142 valence electrons. The van der Waals surface area contributed by atoms with Gasteiger partial charge in [-0.3, -0.25) is 9.78 Å². The molecule has 0 radical (unpaired) electrons. The van der Waals surface area contributed by atoms with Gasteiger partial charge in [-0.1, -0.05) is 0 Å².